The maximum Gasteiger partial charge on any atom is 0.253 e. The van der Waals surface area contributed by atoms with E-state index >= 15 is 0 Å². The van der Waals surface area contributed by atoms with Crippen LogP contribution in [0, 0.1) is 6.92 Å². The lowest BCUT2D eigenvalue weighted by Crippen LogP contribution is -2.40. The molecular weight excluding hydrogens is 280 g/mol. The molecule has 3 heterocycles. The zero-order chi connectivity index (χ0) is 15.1. The Morgan fingerprint density at radius 1 is 1.23 bits per heavy atom. The van der Waals surface area contributed by atoms with Crippen molar-refractivity contribution < 1.29 is 9.53 Å². The molecule has 0 spiro atoms. The second kappa shape index (κ2) is 4.98. The summed E-state index contributed by atoms with van der Waals surface area (Å²) in [5, 5.41) is 8.21. The Morgan fingerprint density at radius 3 is 3.00 bits per heavy atom. The molecule has 1 amide bonds. The fraction of sp³-hybridized carbons (Fsp3) is 0.312. The SMILES string of the molecule is Cc1nnc2n1CCN(C(=O)C1=Cc3ccccc3OC1)C2. The van der Waals surface area contributed by atoms with Gasteiger partial charge in [-0.3, -0.25) is 4.79 Å². The van der Waals surface area contributed by atoms with Gasteiger partial charge in [0.05, 0.1) is 12.1 Å². The molecule has 6 nitrogen and oxygen atoms in total. The number of aryl methyl sites for hydroxylation is 1. The number of carbonyl (C=O) groups is 1. The van der Waals surface area contributed by atoms with Crippen LogP contribution in [0.25, 0.3) is 6.08 Å². The first-order valence-corrected chi connectivity index (χ1v) is 7.33. The van der Waals surface area contributed by atoms with Crippen LogP contribution in [0.2, 0.25) is 0 Å². The van der Waals surface area contributed by atoms with Crippen LogP contribution in [0.3, 0.4) is 0 Å². The van der Waals surface area contributed by atoms with E-state index in [-0.39, 0.29) is 5.91 Å². The van der Waals surface area contributed by atoms with E-state index in [0.29, 0.717) is 25.3 Å². The highest BCUT2D eigenvalue weighted by Crippen LogP contribution is 2.27. The van der Waals surface area contributed by atoms with Crippen molar-refractivity contribution in [2.24, 2.45) is 0 Å². The highest BCUT2D eigenvalue weighted by Gasteiger charge is 2.27. The summed E-state index contributed by atoms with van der Waals surface area (Å²) in [4.78, 5) is 14.5. The number of aromatic nitrogens is 3. The molecule has 2 aromatic rings. The quantitative estimate of drug-likeness (QED) is 0.798. The lowest BCUT2D eigenvalue weighted by atomic mass is 10.1. The van der Waals surface area contributed by atoms with Gasteiger partial charge in [-0.2, -0.15) is 0 Å². The Morgan fingerprint density at radius 2 is 2.09 bits per heavy atom. The topological polar surface area (TPSA) is 60.2 Å². The summed E-state index contributed by atoms with van der Waals surface area (Å²) in [7, 11) is 0. The number of hydrogen-bond acceptors (Lipinski definition) is 4. The molecule has 0 radical (unpaired) electrons. The summed E-state index contributed by atoms with van der Waals surface area (Å²) in [5.41, 5.74) is 1.64. The van der Waals surface area contributed by atoms with Crippen molar-refractivity contribution >= 4 is 12.0 Å². The number of hydrogen-bond donors (Lipinski definition) is 0. The van der Waals surface area contributed by atoms with Gasteiger partial charge < -0.3 is 14.2 Å². The van der Waals surface area contributed by atoms with Crippen LogP contribution in [-0.2, 0) is 17.9 Å². The van der Waals surface area contributed by atoms with Crippen LogP contribution in [-0.4, -0.2) is 38.7 Å². The number of fused-ring (bicyclic) bond motifs is 2. The highest BCUT2D eigenvalue weighted by molar-refractivity contribution is 5.99. The monoisotopic (exact) mass is 296 g/mol. The Labute approximate surface area is 128 Å². The van der Waals surface area contributed by atoms with E-state index in [1.165, 1.54) is 0 Å². The molecule has 0 aliphatic carbocycles. The van der Waals surface area contributed by atoms with E-state index in [4.69, 9.17) is 4.74 Å². The number of benzene rings is 1. The molecule has 1 aromatic carbocycles. The number of ether oxygens (including phenoxy) is 1. The zero-order valence-corrected chi connectivity index (χ0v) is 12.3. The molecule has 6 heteroatoms. The summed E-state index contributed by atoms with van der Waals surface area (Å²) in [6.45, 7) is 4.16. The molecule has 112 valence electrons. The Kier molecular flexibility index (Phi) is 2.96. The van der Waals surface area contributed by atoms with Crippen LogP contribution in [0.5, 0.6) is 5.75 Å². The predicted molar refractivity (Wildman–Crippen MR) is 80.1 cm³/mol. The van der Waals surface area contributed by atoms with Crippen molar-refractivity contribution in [3.05, 3.63) is 47.1 Å². The summed E-state index contributed by atoms with van der Waals surface area (Å²) in [6.07, 6.45) is 1.92. The van der Waals surface area contributed by atoms with Crippen molar-refractivity contribution in [1.29, 1.82) is 0 Å². The molecular formula is C16H16N4O2. The van der Waals surface area contributed by atoms with Gasteiger partial charge in [-0.1, -0.05) is 18.2 Å². The first-order chi connectivity index (χ1) is 10.7. The summed E-state index contributed by atoms with van der Waals surface area (Å²) < 4.78 is 7.73. The molecule has 1 aromatic heterocycles. The van der Waals surface area contributed by atoms with Crippen LogP contribution >= 0.6 is 0 Å². The molecule has 22 heavy (non-hydrogen) atoms. The van der Waals surface area contributed by atoms with Crippen molar-refractivity contribution in [1.82, 2.24) is 19.7 Å². The Bertz CT molecular complexity index is 778. The maximum absolute atomic E-state index is 12.7. The maximum atomic E-state index is 12.7. The lowest BCUT2D eigenvalue weighted by Gasteiger charge is -2.29. The number of rotatable bonds is 1. The number of nitrogens with zero attached hydrogens (tertiary/aromatic N) is 4. The van der Waals surface area contributed by atoms with Gasteiger partial charge in [-0.25, -0.2) is 0 Å². The highest BCUT2D eigenvalue weighted by atomic mass is 16.5. The van der Waals surface area contributed by atoms with Crippen molar-refractivity contribution in [2.45, 2.75) is 20.0 Å². The third-order valence-corrected chi connectivity index (χ3v) is 4.13. The van der Waals surface area contributed by atoms with Crippen molar-refractivity contribution in [2.75, 3.05) is 13.2 Å². The summed E-state index contributed by atoms with van der Waals surface area (Å²) in [6, 6.07) is 7.74. The van der Waals surface area contributed by atoms with Gasteiger partial charge >= 0.3 is 0 Å². The number of carbonyl (C=O) groups excluding carboxylic acids is 1. The van der Waals surface area contributed by atoms with Gasteiger partial charge in [0.15, 0.2) is 5.82 Å². The van der Waals surface area contributed by atoms with Gasteiger partial charge in [0, 0.05) is 18.7 Å². The average Bonchev–Trinajstić information content (AvgIpc) is 2.94. The average molecular weight is 296 g/mol. The second-order valence-corrected chi connectivity index (χ2v) is 5.54. The van der Waals surface area contributed by atoms with Gasteiger partial charge in [0.25, 0.3) is 5.91 Å². The summed E-state index contributed by atoms with van der Waals surface area (Å²) in [5.74, 6) is 2.58. The zero-order valence-electron chi connectivity index (χ0n) is 12.3. The molecule has 0 unspecified atom stereocenters. The van der Waals surface area contributed by atoms with E-state index in [1.54, 1.807) is 0 Å². The molecule has 0 saturated heterocycles. The van der Waals surface area contributed by atoms with Crippen LogP contribution in [0.1, 0.15) is 17.2 Å². The minimum Gasteiger partial charge on any atom is -0.488 e. The molecule has 0 atom stereocenters. The Balaban J connectivity index is 1.57. The molecule has 2 aliphatic rings. The van der Waals surface area contributed by atoms with Gasteiger partial charge in [0.2, 0.25) is 0 Å². The normalized spacial score (nSPS) is 16.4. The van der Waals surface area contributed by atoms with Gasteiger partial charge in [-0.15, -0.1) is 10.2 Å². The Hall–Kier alpha value is -2.63. The fourth-order valence-electron chi connectivity index (χ4n) is 2.92. The van der Waals surface area contributed by atoms with E-state index in [0.717, 1.165) is 29.5 Å². The molecule has 4 rings (SSSR count). The third-order valence-electron chi connectivity index (χ3n) is 4.13. The van der Waals surface area contributed by atoms with Crippen LogP contribution in [0.4, 0.5) is 0 Å². The minimum absolute atomic E-state index is 0.0152. The molecule has 0 N–H and O–H groups in total. The number of para-hydroxylation sites is 1. The van der Waals surface area contributed by atoms with E-state index < -0.39 is 0 Å². The lowest BCUT2D eigenvalue weighted by molar-refractivity contribution is -0.128. The molecule has 2 aliphatic heterocycles. The van der Waals surface area contributed by atoms with Crippen molar-refractivity contribution in [3.63, 3.8) is 0 Å². The first-order valence-electron chi connectivity index (χ1n) is 7.33. The fourth-order valence-corrected chi connectivity index (χ4v) is 2.92. The van der Waals surface area contributed by atoms with E-state index in [2.05, 4.69) is 14.8 Å². The first kappa shape index (κ1) is 13.1. The van der Waals surface area contributed by atoms with Crippen molar-refractivity contribution in [3.8, 4) is 5.75 Å². The predicted octanol–water partition coefficient (Wildman–Crippen LogP) is 1.40. The standard InChI is InChI=1S/C16H16N4O2/c1-11-17-18-15-9-19(6-7-20(11)15)16(21)13-8-12-4-2-3-5-14(12)22-10-13/h2-5,8H,6-7,9-10H2,1H3. The smallest absolute Gasteiger partial charge is 0.253 e. The second-order valence-electron chi connectivity index (χ2n) is 5.54. The number of amides is 1. The minimum atomic E-state index is 0.0152. The molecule has 0 saturated carbocycles. The third kappa shape index (κ3) is 2.07. The largest absolute Gasteiger partial charge is 0.488 e. The van der Waals surface area contributed by atoms with Crippen LogP contribution < -0.4 is 4.74 Å². The van der Waals surface area contributed by atoms with Gasteiger partial charge in [0.1, 0.15) is 18.2 Å². The molecule has 0 bridgehead atoms. The molecule has 0 fully saturated rings. The van der Waals surface area contributed by atoms with Gasteiger partial charge in [-0.05, 0) is 19.1 Å². The van der Waals surface area contributed by atoms with E-state index in [9.17, 15) is 4.79 Å². The van der Waals surface area contributed by atoms with Crippen LogP contribution in [0.15, 0.2) is 29.8 Å². The van der Waals surface area contributed by atoms with E-state index in [1.807, 2.05) is 42.2 Å². The summed E-state index contributed by atoms with van der Waals surface area (Å²) >= 11 is 0.